The first-order valence-electron chi connectivity index (χ1n) is 7.26. The fourth-order valence-corrected chi connectivity index (χ4v) is 2.03. The molecule has 130 valence electrons. The first-order chi connectivity index (χ1) is 11.8. The second-order valence-corrected chi connectivity index (χ2v) is 5.34. The van der Waals surface area contributed by atoms with Crippen LogP contribution in [0.4, 0.5) is 15.8 Å². The fraction of sp³-hybridized carbons (Fsp3) is 0.176. The summed E-state index contributed by atoms with van der Waals surface area (Å²) in [6, 6.07) is 7.71. The SMILES string of the molecule is Cc1ccc(C(=O)OCC(=O)Nc2ccc(F)cc2[N+](=O)[O-])cc1C. The summed E-state index contributed by atoms with van der Waals surface area (Å²) in [7, 11) is 0. The van der Waals surface area contributed by atoms with E-state index in [0.29, 0.717) is 11.6 Å². The monoisotopic (exact) mass is 346 g/mol. The molecule has 0 aliphatic rings. The Balaban J connectivity index is 2.00. The van der Waals surface area contributed by atoms with Gasteiger partial charge in [-0.05, 0) is 49.2 Å². The predicted octanol–water partition coefficient (Wildman–Crippen LogP) is 3.15. The molecule has 0 fully saturated rings. The van der Waals surface area contributed by atoms with Gasteiger partial charge in [-0.3, -0.25) is 14.9 Å². The highest BCUT2D eigenvalue weighted by Gasteiger charge is 2.18. The van der Waals surface area contributed by atoms with E-state index in [2.05, 4.69) is 5.32 Å². The average molecular weight is 346 g/mol. The van der Waals surface area contributed by atoms with E-state index in [1.54, 1.807) is 18.2 Å². The quantitative estimate of drug-likeness (QED) is 0.509. The molecule has 0 heterocycles. The number of nitro benzene ring substituents is 1. The number of esters is 1. The molecule has 7 nitrogen and oxygen atoms in total. The lowest BCUT2D eigenvalue weighted by Gasteiger charge is -2.08. The van der Waals surface area contributed by atoms with E-state index in [1.807, 2.05) is 13.8 Å². The molecule has 1 N–H and O–H groups in total. The Hall–Kier alpha value is -3.29. The molecule has 0 spiro atoms. The van der Waals surface area contributed by atoms with E-state index in [9.17, 15) is 24.1 Å². The normalized spacial score (nSPS) is 10.2. The number of carbonyl (C=O) groups is 2. The predicted molar refractivity (Wildman–Crippen MR) is 87.9 cm³/mol. The summed E-state index contributed by atoms with van der Waals surface area (Å²) in [6.07, 6.45) is 0. The molecule has 0 unspecified atom stereocenters. The Bertz CT molecular complexity index is 851. The number of hydrogen-bond donors (Lipinski definition) is 1. The van der Waals surface area contributed by atoms with Gasteiger partial charge in [0, 0.05) is 0 Å². The van der Waals surface area contributed by atoms with Crippen molar-refractivity contribution in [3.63, 3.8) is 0 Å². The largest absolute Gasteiger partial charge is 0.452 e. The van der Waals surface area contributed by atoms with Gasteiger partial charge in [0.25, 0.3) is 11.6 Å². The Kier molecular flexibility index (Phi) is 5.43. The van der Waals surface area contributed by atoms with Crippen LogP contribution < -0.4 is 5.32 Å². The Morgan fingerprint density at radius 1 is 1.16 bits per heavy atom. The van der Waals surface area contributed by atoms with Gasteiger partial charge < -0.3 is 10.1 Å². The van der Waals surface area contributed by atoms with Crippen LogP contribution in [0.1, 0.15) is 21.5 Å². The number of hydrogen-bond acceptors (Lipinski definition) is 5. The van der Waals surface area contributed by atoms with Gasteiger partial charge in [0.2, 0.25) is 0 Å². The van der Waals surface area contributed by atoms with Crippen LogP contribution in [0, 0.1) is 29.8 Å². The maximum atomic E-state index is 13.1. The van der Waals surface area contributed by atoms with Crippen LogP contribution >= 0.6 is 0 Å². The van der Waals surface area contributed by atoms with E-state index in [4.69, 9.17) is 4.74 Å². The molecule has 0 aliphatic heterocycles. The number of halogens is 1. The summed E-state index contributed by atoms with van der Waals surface area (Å²) >= 11 is 0. The molecule has 2 aromatic carbocycles. The van der Waals surface area contributed by atoms with Crippen molar-refractivity contribution in [2.24, 2.45) is 0 Å². The summed E-state index contributed by atoms with van der Waals surface area (Å²) < 4.78 is 17.9. The third kappa shape index (κ3) is 4.60. The zero-order valence-corrected chi connectivity index (χ0v) is 13.5. The zero-order valence-electron chi connectivity index (χ0n) is 13.5. The number of carbonyl (C=O) groups excluding carboxylic acids is 2. The molecule has 25 heavy (non-hydrogen) atoms. The Morgan fingerprint density at radius 3 is 2.52 bits per heavy atom. The molecule has 1 amide bonds. The van der Waals surface area contributed by atoms with Crippen LogP contribution in [0.15, 0.2) is 36.4 Å². The standard InChI is InChI=1S/C17H15FN2O5/c1-10-3-4-12(7-11(10)2)17(22)25-9-16(21)19-14-6-5-13(18)8-15(14)20(23)24/h3-8H,9H2,1-2H3,(H,19,21). The molecule has 2 rings (SSSR count). The molecule has 0 saturated carbocycles. The lowest BCUT2D eigenvalue weighted by molar-refractivity contribution is -0.384. The van der Waals surface area contributed by atoms with Crippen molar-refractivity contribution in [2.75, 3.05) is 11.9 Å². The Labute approximate surface area is 142 Å². The highest BCUT2D eigenvalue weighted by atomic mass is 19.1. The topological polar surface area (TPSA) is 98.5 Å². The van der Waals surface area contributed by atoms with E-state index in [1.165, 1.54) is 0 Å². The molecule has 0 bridgehead atoms. The van der Waals surface area contributed by atoms with Gasteiger partial charge in [0.1, 0.15) is 11.5 Å². The highest BCUT2D eigenvalue weighted by Crippen LogP contribution is 2.24. The zero-order chi connectivity index (χ0) is 18.6. The maximum absolute atomic E-state index is 13.1. The van der Waals surface area contributed by atoms with Gasteiger partial charge in [-0.1, -0.05) is 6.07 Å². The number of ether oxygens (including phenoxy) is 1. The minimum absolute atomic E-state index is 0.182. The van der Waals surface area contributed by atoms with Crippen LogP contribution in [0.2, 0.25) is 0 Å². The van der Waals surface area contributed by atoms with Crippen molar-refractivity contribution in [3.8, 4) is 0 Å². The summed E-state index contributed by atoms with van der Waals surface area (Å²) in [5, 5.41) is 13.1. The molecule has 0 radical (unpaired) electrons. The lowest BCUT2D eigenvalue weighted by atomic mass is 10.1. The van der Waals surface area contributed by atoms with Gasteiger partial charge in [-0.25, -0.2) is 9.18 Å². The van der Waals surface area contributed by atoms with Gasteiger partial charge in [0.05, 0.1) is 16.6 Å². The highest BCUT2D eigenvalue weighted by molar-refractivity contribution is 5.96. The van der Waals surface area contributed by atoms with Crippen molar-refractivity contribution in [2.45, 2.75) is 13.8 Å². The molecular formula is C17H15FN2O5. The molecule has 0 aromatic heterocycles. The first kappa shape index (κ1) is 18.1. The fourth-order valence-electron chi connectivity index (χ4n) is 2.03. The minimum Gasteiger partial charge on any atom is -0.452 e. The second kappa shape index (κ2) is 7.52. The van der Waals surface area contributed by atoms with Gasteiger partial charge in [0.15, 0.2) is 6.61 Å². The van der Waals surface area contributed by atoms with Gasteiger partial charge in [-0.2, -0.15) is 0 Å². The third-order valence-electron chi connectivity index (χ3n) is 3.51. The van der Waals surface area contributed by atoms with Crippen molar-refractivity contribution in [1.29, 1.82) is 0 Å². The third-order valence-corrected chi connectivity index (χ3v) is 3.51. The number of nitro groups is 1. The van der Waals surface area contributed by atoms with E-state index < -0.39 is 34.9 Å². The van der Waals surface area contributed by atoms with E-state index in [0.717, 1.165) is 23.3 Å². The number of nitrogens with one attached hydrogen (secondary N) is 1. The summed E-state index contributed by atoms with van der Waals surface area (Å²) in [6.45, 7) is 3.11. The molecule has 0 saturated heterocycles. The van der Waals surface area contributed by atoms with Crippen LogP contribution in [0.3, 0.4) is 0 Å². The molecule has 0 aliphatic carbocycles. The van der Waals surface area contributed by atoms with E-state index >= 15 is 0 Å². The minimum atomic E-state index is -0.820. The van der Waals surface area contributed by atoms with E-state index in [-0.39, 0.29) is 5.69 Å². The number of benzene rings is 2. The second-order valence-electron chi connectivity index (χ2n) is 5.34. The average Bonchev–Trinajstić information content (AvgIpc) is 2.56. The van der Waals surface area contributed by atoms with Crippen molar-refractivity contribution >= 4 is 23.3 Å². The number of anilines is 1. The maximum Gasteiger partial charge on any atom is 0.338 e. The summed E-state index contributed by atoms with van der Waals surface area (Å²) in [5.41, 5.74) is 1.44. The molecule has 0 atom stereocenters. The molecule has 2 aromatic rings. The van der Waals surface area contributed by atoms with Crippen LogP contribution in [0.5, 0.6) is 0 Å². The van der Waals surface area contributed by atoms with Crippen LogP contribution in [-0.4, -0.2) is 23.4 Å². The smallest absolute Gasteiger partial charge is 0.338 e. The molecular weight excluding hydrogens is 331 g/mol. The number of rotatable bonds is 5. The Morgan fingerprint density at radius 2 is 1.88 bits per heavy atom. The van der Waals surface area contributed by atoms with Crippen LogP contribution in [-0.2, 0) is 9.53 Å². The lowest BCUT2D eigenvalue weighted by Crippen LogP contribution is -2.21. The van der Waals surface area contributed by atoms with Crippen molar-refractivity contribution in [1.82, 2.24) is 0 Å². The number of amides is 1. The number of nitrogens with zero attached hydrogens (tertiary/aromatic N) is 1. The van der Waals surface area contributed by atoms with Crippen molar-refractivity contribution < 1.29 is 23.6 Å². The summed E-state index contributed by atoms with van der Waals surface area (Å²) in [5.74, 6) is -2.26. The van der Waals surface area contributed by atoms with Crippen molar-refractivity contribution in [3.05, 3.63) is 69.0 Å². The molecule has 8 heteroatoms. The first-order valence-corrected chi connectivity index (χ1v) is 7.26. The van der Waals surface area contributed by atoms with Gasteiger partial charge >= 0.3 is 5.97 Å². The number of aryl methyl sites for hydroxylation is 2. The van der Waals surface area contributed by atoms with Crippen LogP contribution in [0.25, 0.3) is 0 Å². The van der Waals surface area contributed by atoms with Gasteiger partial charge in [-0.15, -0.1) is 0 Å². The summed E-state index contributed by atoms with van der Waals surface area (Å²) in [4.78, 5) is 33.8.